The third-order valence-corrected chi connectivity index (χ3v) is 5.69. The van der Waals surface area contributed by atoms with Crippen molar-refractivity contribution in [1.82, 2.24) is 15.0 Å². The Labute approximate surface area is 153 Å². The van der Waals surface area contributed by atoms with Gasteiger partial charge < -0.3 is 15.4 Å². The maximum absolute atomic E-state index is 12.5. The number of nitrogens with zero attached hydrogens (tertiary/aromatic N) is 2. The van der Waals surface area contributed by atoms with Crippen molar-refractivity contribution < 1.29 is 9.90 Å². The molecule has 0 aromatic carbocycles. The first-order valence-electron chi connectivity index (χ1n) is 8.59. The van der Waals surface area contributed by atoms with E-state index in [-0.39, 0.29) is 29.5 Å². The molecule has 0 saturated heterocycles. The van der Waals surface area contributed by atoms with Gasteiger partial charge in [-0.2, -0.15) is 0 Å². The number of fused-ring (bicyclic) bond motifs is 3. The molecule has 0 spiro atoms. The Morgan fingerprint density at radius 2 is 2.19 bits per heavy atom. The monoisotopic (exact) mass is 370 g/mol. The molecule has 134 valence electrons. The Bertz CT molecular complexity index is 1040. The molecule has 3 aromatic rings. The average molecular weight is 370 g/mol. The van der Waals surface area contributed by atoms with Gasteiger partial charge in [0.05, 0.1) is 5.39 Å². The number of aryl methyl sites for hydroxylation is 3. The summed E-state index contributed by atoms with van der Waals surface area (Å²) in [6.07, 6.45) is 6.16. The van der Waals surface area contributed by atoms with E-state index in [0.29, 0.717) is 12.2 Å². The zero-order chi connectivity index (χ0) is 18.1. The Balaban J connectivity index is 1.50. The Kier molecular flexibility index (Phi) is 4.42. The predicted molar refractivity (Wildman–Crippen MR) is 99.7 cm³/mol. The van der Waals surface area contributed by atoms with Crippen molar-refractivity contribution >= 4 is 33.3 Å². The number of carbonyl (C=O) groups excluding carboxylic acids is 1. The molecule has 8 heteroatoms. The number of thiophene rings is 1. The van der Waals surface area contributed by atoms with Crippen molar-refractivity contribution in [1.29, 1.82) is 0 Å². The van der Waals surface area contributed by atoms with Gasteiger partial charge in [0.1, 0.15) is 10.7 Å². The summed E-state index contributed by atoms with van der Waals surface area (Å²) in [4.78, 5) is 37.9. The molecule has 0 bridgehead atoms. The summed E-state index contributed by atoms with van der Waals surface area (Å²) in [6.45, 7) is 0. The highest BCUT2D eigenvalue weighted by Gasteiger charge is 2.20. The zero-order valence-electron chi connectivity index (χ0n) is 14.0. The molecule has 3 heterocycles. The van der Waals surface area contributed by atoms with Gasteiger partial charge in [0.2, 0.25) is 5.91 Å². The second-order valence-electron chi connectivity index (χ2n) is 6.32. The molecular weight excluding hydrogens is 352 g/mol. The fourth-order valence-corrected chi connectivity index (χ4v) is 4.53. The third kappa shape index (κ3) is 3.20. The summed E-state index contributed by atoms with van der Waals surface area (Å²) in [5.74, 6) is 0.243. The molecule has 0 saturated carbocycles. The molecule has 0 atom stereocenters. The molecule has 0 fully saturated rings. The van der Waals surface area contributed by atoms with Crippen molar-refractivity contribution in [3.63, 3.8) is 0 Å². The van der Waals surface area contributed by atoms with Gasteiger partial charge >= 0.3 is 0 Å². The van der Waals surface area contributed by atoms with Crippen LogP contribution in [-0.2, 0) is 24.1 Å². The minimum absolute atomic E-state index is 0.0852. The summed E-state index contributed by atoms with van der Waals surface area (Å²) in [5.41, 5.74) is 1.03. The van der Waals surface area contributed by atoms with Gasteiger partial charge in [-0.05, 0) is 43.4 Å². The van der Waals surface area contributed by atoms with Crippen LogP contribution in [0.2, 0.25) is 0 Å². The van der Waals surface area contributed by atoms with E-state index in [9.17, 15) is 14.7 Å². The van der Waals surface area contributed by atoms with Crippen LogP contribution in [0.5, 0.6) is 5.75 Å². The van der Waals surface area contributed by atoms with E-state index in [1.165, 1.54) is 17.1 Å². The van der Waals surface area contributed by atoms with Gasteiger partial charge in [-0.3, -0.25) is 9.59 Å². The molecule has 0 unspecified atom stereocenters. The van der Waals surface area contributed by atoms with Gasteiger partial charge in [-0.25, -0.2) is 9.97 Å². The zero-order valence-corrected chi connectivity index (χ0v) is 14.9. The number of nitrogens with one attached hydrogen (secondary N) is 2. The fourth-order valence-electron chi connectivity index (χ4n) is 3.25. The summed E-state index contributed by atoms with van der Waals surface area (Å²) < 4.78 is 0. The van der Waals surface area contributed by atoms with Crippen molar-refractivity contribution in [2.45, 2.75) is 38.5 Å². The van der Waals surface area contributed by atoms with E-state index < -0.39 is 0 Å². The number of anilines is 1. The Morgan fingerprint density at radius 1 is 1.35 bits per heavy atom. The lowest BCUT2D eigenvalue weighted by molar-refractivity contribution is -0.116. The molecular formula is C18H18N4O3S. The van der Waals surface area contributed by atoms with Crippen molar-refractivity contribution in [3.8, 4) is 5.75 Å². The maximum Gasteiger partial charge on any atom is 0.259 e. The van der Waals surface area contributed by atoms with Gasteiger partial charge in [-0.15, -0.1) is 11.3 Å². The Morgan fingerprint density at radius 3 is 3.04 bits per heavy atom. The lowest BCUT2D eigenvalue weighted by Gasteiger charge is -2.09. The maximum atomic E-state index is 12.5. The van der Waals surface area contributed by atoms with E-state index in [2.05, 4.69) is 20.3 Å². The average Bonchev–Trinajstić information content (AvgIpc) is 3.01. The smallest absolute Gasteiger partial charge is 0.259 e. The molecule has 3 N–H and O–H groups in total. The molecule has 7 nitrogen and oxygen atoms in total. The number of H-pyrrole nitrogens is 1. The first kappa shape index (κ1) is 16.7. The normalized spacial score (nSPS) is 13.5. The van der Waals surface area contributed by atoms with E-state index in [1.54, 1.807) is 17.4 Å². The van der Waals surface area contributed by atoms with E-state index in [1.807, 2.05) is 0 Å². The van der Waals surface area contributed by atoms with Crippen molar-refractivity contribution in [3.05, 3.63) is 44.9 Å². The van der Waals surface area contributed by atoms with Crippen LogP contribution >= 0.6 is 11.3 Å². The highest BCUT2D eigenvalue weighted by Crippen LogP contribution is 2.33. The third-order valence-electron chi connectivity index (χ3n) is 4.51. The van der Waals surface area contributed by atoms with Crippen LogP contribution in [0.4, 0.5) is 5.82 Å². The van der Waals surface area contributed by atoms with Gasteiger partial charge in [-0.1, -0.05) is 0 Å². The Hall–Kier alpha value is -2.74. The summed E-state index contributed by atoms with van der Waals surface area (Å²) in [5, 5.41) is 12.9. The molecule has 1 aliphatic carbocycles. The lowest BCUT2D eigenvalue weighted by atomic mass is 9.97. The van der Waals surface area contributed by atoms with E-state index in [0.717, 1.165) is 41.5 Å². The minimum Gasteiger partial charge on any atom is -0.504 e. The molecule has 1 amide bonds. The van der Waals surface area contributed by atoms with Crippen molar-refractivity contribution in [2.75, 3.05) is 5.32 Å². The fraction of sp³-hybridized carbons (Fsp3) is 0.333. The van der Waals surface area contributed by atoms with Crippen LogP contribution in [0.15, 0.2) is 23.1 Å². The van der Waals surface area contributed by atoms with Crippen LogP contribution in [-0.4, -0.2) is 26.0 Å². The number of carbonyl (C=O) groups is 1. The van der Waals surface area contributed by atoms with E-state index >= 15 is 0 Å². The van der Waals surface area contributed by atoms with E-state index in [4.69, 9.17) is 0 Å². The van der Waals surface area contributed by atoms with Crippen LogP contribution in [0, 0.1) is 0 Å². The van der Waals surface area contributed by atoms with Crippen LogP contribution in [0.25, 0.3) is 10.2 Å². The molecule has 3 aromatic heterocycles. The molecule has 26 heavy (non-hydrogen) atoms. The molecule has 1 aliphatic rings. The van der Waals surface area contributed by atoms with Crippen LogP contribution < -0.4 is 10.9 Å². The van der Waals surface area contributed by atoms with Crippen LogP contribution in [0.3, 0.4) is 0 Å². The van der Waals surface area contributed by atoms with Gasteiger partial charge in [0, 0.05) is 23.9 Å². The molecule has 4 rings (SSSR count). The molecule has 0 aliphatic heterocycles. The topological polar surface area (TPSA) is 108 Å². The molecule has 0 radical (unpaired) electrons. The van der Waals surface area contributed by atoms with Crippen LogP contribution in [0.1, 0.15) is 35.5 Å². The number of aromatic amines is 1. The summed E-state index contributed by atoms with van der Waals surface area (Å²) in [7, 11) is 0. The number of hydrogen-bond donors (Lipinski definition) is 3. The SMILES string of the molecule is O=C(CCc1nc2sc3c(c2c(=O)[nH]1)CCCC3)Nc1ncccc1O. The summed E-state index contributed by atoms with van der Waals surface area (Å²) >= 11 is 1.59. The minimum atomic E-state index is -0.299. The number of hydrogen-bond acceptors (Lipinski definition) is 6. The largest absolute Gasteiger partial charge is 0.504 e. The first-order valence-corrected chi connectivity index (χ1v) is 9.41. The van der Waals surface area contributed by atoms with Crippen molar-refractivity contribution in [2.24, 2.45) is 0 Å². The quantitative estimate of drug-likeness (QED) is 0.654. The van der Waals surface area contributed by atoms with Gasteiger partial charge in [0.15, 0.2) is 11.6 Å². The second-order valence-corrected chi connectivity index (χ2v) is 7.41. The number of pyridine rings is 1. The standard InChI is InChI=1S/C18H18N4O3S/c23-11-5-3-9-19-16(11)22-14(24)8-7-13-20-17(25)15-10-4-1-2-6-12(10)26-18(15)21-13/h3,5,9,23H,1-2,4,6-8H2,(H,19,22,24)(H,20,21,25). The number of aromatic hydroxyl groups is 1. The van der Waals surface area contributed by atoms with Gasteiger partial charge in [0.25, 0.3) is 5.56 Å². The lowest BCUT2D eigenvalue weighted by Crippen LogP contribution is -2.17. The predicted octanol–water partition coefficient (Wildman–Crippen LogP) is 2.54. The highest BCUT2D eigenvalue weighted by molar-refractivity contribution is 7.18. The summed E-state index contributed by atoms with van der Waals surface area (Å²) in [6, 6.07) is 3.03. The number of rotatable bonds is 4. The number of amides is 1. The first-order chi connectivity index (χ1) is 12.6. The second kappa shape index (κ2) is 6.87. The highest BCUT2D eigenvalue weighted by atomic mass is 32.1. The number of aromatic nitrogens is 3.